The van der Waals surface area contributed by atoms with Crippen LogP contribution in [0.4, 0.5) is 0 Å². The number of aromatic nitrogens is 2. The lowest BCUT2D eigenvalue weighted by molar-refractivity contribution is 0.476. The maximum absolute atomic E-state index is 11.3. The first-order valence-electron chi connectivity index (χ1n) is 4.08. The number of rotatable bonds is 3. The molecule has 0 fully saturated rings. The van der Waals surface area contributed by atoms with Crippen molar-refractivity contribution in [3.8, 4) is 0 Å². The Morgan fingerprint density at radius 1 is 1.00 bits per heavy atom. The van der Waals surface area contributed by atoms with Crippen molar-refractivity contribution in [2.45, 2.75) is 15.1 Å². The molecule has 9 nitrogen and oxygen atoms in total. The van der Waals surface area contributed by atoms with E-state index in [1.54, 1.807) is 0 Å². The van der Waals surface area contributed by atoms with Crippen LogP contribution in [0.25, 0.3) is 0 Å². The number of hydrogen-bond acceptors (Lipinski definition) is 8. The second kappa shape index (κ2) is 4.22. The Balaban J connectivity index is 3.83. The van der Waals surface area contributed by atoms with Crippen LogP contribution in [0.3, 0.4) is 0 Å². The normalized spacial score (nSPS) is 13.5. The van der Waals surface area contributed by atoms with Gasteiger partial charge < -0.3 is 0 Å². The standard InChI is InChI=1S/C6H8N2O7S3/c1-16(9,10)5-4(18(13,14)15)3-7-6(8-5)17(2,11)12/h3H,1-2H3,(H,13,14,15). The van der Waals surface area contributed by atoms with Crippen molar-refractivity contribution in [2.75, 3.05) is 12.5 Å². The van der Waals surface area contributed by atoms with E-state index in [1.165, 1.54) is 0 Å². The molecule has 1 heterocycles. The Morgan fingerprint density at radius 3 is 1.83 bits per heavy atom. The highest BCUT2D eigenvalue weighted by Gasteiger charge is 2.27. The van der Waals surface area contributed by atoms with Crippen molar-refractivity contribution in [1.29, 1.82) is 0 Å². The van der Waals surface area contributed by atoms with Crippen molar-refractivity contribution in [2.24, 2.45) is 0 Å². The van der Waals surface area contributed by atoms with E-state index in [0.29, 0.717) is 12.5 Å². The van der Waals surface area contributed by atoms with Crippen molar-refractivity contribution >= 4 is 29.8 Å². The summed E-state index contributed by atoms with van der Waals surface area (Å²) >= 11 is 0. The van der Waals surface area contributed by atoms with Gasteiger partial charge in [0.1, 0.15) is 4.90 Å². The smallest absolute Gasteiger partial charge is 0.282 e. The van der Waals surface area contributed by atoms with Gasteiger partial charge in [0.15, 0.2) is 14.9 Å². The summed E-state index contributed by atoms with van der Waals surface area (Å²) in [6.45, 7) is 0. The number of hydrogen-bond donors (Lipinski definition) is 1. The summed E-state index contributed by atoms with van der Waals surface area (Å²) in [5.41, 5.74) is 0. The molecule has 1 aromatic heterocycles. The summed E-state index contributed by atoms with van der Waals surface area (Å²) in [6, 6.07) is 0. The van der Waals surface area contributed by atoms with Crippen LogP contribution in [0.2, 0.25) is 0 Å². The van der Waals surface area contributed by atoms with Crippen LogP contribution >= 0.6 is 0 Å². The zero-order valence-corrected chi connectivity index (χ0v) is 11.5. The number of sulfone groups is 2. The molecule has 0 saturated carbocycles. The van der Waals surface area contributed by atoms with Gasteiger partial charge in [-0.3, -0.25) is 4.55 Å². The molecule has 0 aliphatic carbocycles. The molecule has 0 aromatic carbocycles. The minimum absolute atomic E-state index is 0.426. The van der Waals surface area contributed by atoms with Gasteiger partial charge in [-0.15, -0.1) is 0 Å². The lowest BCUT2D eigenvalue weighted by Crippen LogP contribution is -2.15. The van der Waals surface area contributed by atoms with Gasteiger partial charge in [-0.25, -0.2) is 26.8 Å². The third-order valence-electron chi connectivity index (χ3n) is 1.66. The first-order chi connectivity index (χ1) is 7.83. The maximum Gasteiger partial charge on any atom is 0.298 e. The van der Waals surface area contributed by atoms with Crippen molar-refractivity contribution in [3.63, 3.8) is 0 Å². The van der Waals surface area contributed by atoms with Crippen LogP contribution in [0.15, 0.2) is 21.3 Å². The molecule has 0 bridgehead atoms. The first kappa shape index (κ1) is 14.9. The van der Waals surface area contributed by atoms with Gasteiger partial charge in [0, 0.05) is 12.5 Å². The molecule has 0 spiro atoms. The Labute approximate surface area is 103 Å². The van der Waals surface area contributed by atoms with E-state index in [4.69, 9.17) is 4.55 Å². The second-order valence-corrected chi connectivity index (χ2v) is 8.57. The average Bonchev–Trinajstić information content (AvgIpc) is 2.12. The van der Waals surface area contributed by atoms with Crippen LogP contribution in [0, 0.1) is 0 Å². The lowest BCUT2D eigenvalue weighted by atomic mass is 10.7. The minimum Gasteiger partial charge on any atom is -0.282 e. The second-order valence-electron chi connectivity index (χ2n) is 3.34. The van der Waals surface area contributed by atoms with Gasteiger partial charge in [0.05, 0.1) is 6.20 Å². The molecule has 1 aromatic rings. The van der Waals surface area contributed by atoms with Crippen molar-refractivity contribution in [3.05, 3.63) is 6.20 Å². The molecule has 1 N–H and O–H groups in total. The molecule has 0 aliphatic rings. The highest BCUT2D eigenvalue weighted by Crippen LogP contribution is 2.18. The summed E-state index contributed by atoms with van der Waals surface area (Å²) in [5, 5.41) is -1.92. The van der Waals surface area contributed by atoms with E-state index in [2.05, 4.69) is 9.97 Å². The third-order valence-corrected chi connectivity index (χ3v) is 4.52. The summed E-state index contributed by atoms with van der Waals surface area (Å²) in [4.78, 5) is 5.27. The largest absolute Gasteiger partial charge is 0.298 e. The predicted octanol–water partition coefficient (Wildman–Crippen LogP) is -1.47. The summed E-state index contributed by atoms with van der Waals surface area (Å²) in [6.07, 6.45) is 1.77. The van der Waals surface area contributed by atoms with Gasteiger partial charge in [0.25, 0.3) is 10.1 Å². The molecular formula is C6H8N2O7S3. The Kier molecular flexibility index (Phi) is 3.51. The first-order valence-corrected chi connectivity index (χ1v) is 9.30. The lowest BCUT2D eigenvalue weighted by Gasteiger charge is -2.05. The third kappa shape index (κ3) is 3.22. The Bertz CT molecular complexity index is 792. The Hall–Kier alpha value is -1.11. The molecular weight excluding hydrogens is 308 g/mol. The van der Waals surface area contributed by atoms with E-state index in [9.17, 15) is 25.3 Å². The molecule has 0 atom stereocenters. The minimum atomic E-state index is -4.88. The molecule has 18 heavy (non-hydrogen) atoms. The van der Waals surface area contributed by atoms with Gasteiger partial charge in [-0.2, -0.15) is 8.42 Å². The quantitative estimate of drug-likeness (QED) is 0.400. The zero-order valence-electron chi connectivity index (χ0n) is 9.09. The zero-order chi connectivity index (χ0) is 14.4. The van der Waals surface area contributed by atoms with Crippen LogP contribution in [0.1, 0.15) is 0 Å². The fourth-order valence-corrected chi connectivity index (χ4v) is 3.41. The van der Waals surface area contributed by atoms with E-state index >= 15 is 0 Å². The van der Waals surface area contributed by atoms with E-state index in [1.807, 2.05) is 0 Å². The molecule has 0 radical (unpaired) electrons. The van der Waals surface area contributed by atoms with Gasteiger partial charge in [0.2, 0.25) is 15.0 Å². The van der Waals surface area contributed by atoms with Crippen LogP contribution in [-0.4, -0.2) is 52.3 Å². The van der Waals surface area contributed by atoms with Crippen molar-refractivity contribution < 1.29 is 29.8 Å². The Morgan fingerprint density at radius 2 is 1.50 bits per heavy atom. The van der Waals surface area contributed by atoms with Crippen LogP contribution in [-0.2, 0) is 29.8 Å². The topological polar surface area (TPSA) is 148 Å². The maximum atomic E-state index is 11.3. The summed E-state index contributed by atoms with van der Waals surface area (Å²) in [7, 11) is -12.9. The van der Waals surface area contributed by atoms with E-state index in [-0.39, 0.29) is 0 Å². The fraction of sp³-hybridized carbons (Fsp3) is 0.333. The van der Waals surface area contributed by atoms with E-state index < -0.39 is 44.9 Å². The SMILES string of the molecule is CS(=O)(=O)c1ncc(S(=O)(=O)O)c(S(C)(=O)=O)n1. The molecule has 0 unspecified atom stereocenters. The molecule has 1 rings (SSSR count). The van der Waals surface area contributed by atoms with Gasteiger partial charge >= 0.3 is 0 Å². The molecule has 0 saturated heterocycles. The van der Waals surface area contributed by atoms with Gasteiger partial charge in [-0.05, 0) is 0 Å². The van der Waals surface area contributed by atoms with Crippen LogP contribution < -0.4 is 0 Å². The fourth-order valence-electron chi connectivity index (χ4n) is 0.961. The predicted molar refractivity (Wildman–Crippen MR) is 58.1 cm³/mol. The summed E-state index contributed by atoms with van der Waals surface area (Å²) in [5.74, 6) is 0. The highest BCUT2D eigenvalue weighted by atomic mass is 32.2. The van der Waals surface area contributed by atoms with Crippen LogP contribution in [0.5, 0.6) is 0 Å². The highest BCUT2D eigenvalue weighted by molar-refractivity contribution is 7.92. The van der Waals surface area contributed by atoms with Crippen molar-refractivity contribution in [1.82, 2.24) is 9.97 Å². The molecule has 102 valence electrons. The van der Waals surface area contributed by atoms with E-state index in [0.717, 1.165) is 6.26 Å². The van der Waals surface area contributed by atoms with Gasteiger partial charge in [-0.1, -0.05) is 0 Å². The monoisotopic (exact) mass is 316 g/mol. The summed E-state index contributed by atoms with van der Waals surface area (Å²) < 4.78 is 75.6. The molecule has 12 heteroatoms. The number of nitrogens with zero attached hydrogens (tertiary/aromatic N) is 2. The average molecular weight is 316 g/mol. The molecule has 0 amide bonds. The molecule has 0 aliphatic heterocycles.